The topological polar surface area (TPSA) is 43.1 Å². The van der Waals surface area contributed by atoms with Gasteiger partial charge in [-0.3, -0.25) is 4.79 Å². The lowest BCUT2D eigenvalue weighted by Gasteiger charge is -2.24. The maximum atomic E-state index is 13.9. The predicted octanol–water partition coefficient (Wildman–Crippen LogP) is 4.63. The predicted molar refractivity (Wildman–Crippen MR) is 86.8 cm³/mol. The normalized spacial score (nSPS) is 13.0. The Balaban J connectivity index is 2.32. The van der Waals surface area contributed by atoms with Crippen LogP contribution in [0.25, 0.3) is 10.8 Å². The highest BCUT2D eigenvalue weighted by atomic mass is 19.4. The minimum Gasteiger partial charge on any atom is -0.366 e. The zero-order valence-corrected chi connectivity index (χ0v) is 12.5. The van der Waals surface area contributed by atoms with E-state index in [1.165, 1.54) is 30.3 Å². The van der Waals surface area contributed by atoms with Crippen LogP contribution in [0.3, 0.4) is 0 Å². The van der Waals surface area contributed by atoms with Gasteiger partial charge < -0.3 is 5.73 Å². The van der Waals surface area contributed by atoms with Gasteiger partial charge in [-0.1, -0.05) is 60.7 Å². The number of amides is 1. The number of fused-ring (bicyclic) bond motifs is 1. The number of hydrogen-bond acceptors (Lipinski definition) is 1. The first kappa shape index (κ1) is 16.1. The Labute approximate surface area is 136 Å². The lowest BCUT2D eigenvalue weighted by atomic mass is 9.85. The maximum absolute atomic E-state index is 13.9. The molecule has 0 spiro atoms. The molecule has 0 fully saturated rings. The Bertz CT molecular complexity index is 897. The van der Waals surface area contributed by atoms with Crippen LogP contribution in [-0.2, 0) is 0 Å². The summed E-state index contributed by atoms with van der Waals surface area (Å²) in [5.41, 5.74) is 5.14. The van der Waals surface area contributed by atoms with Crippen LogP contribution in [0.1, 0.15) is 27.4 Å². The van der Waals surface area contributed by atoms with E-state index in [2.05, 4.69) is 0 Å². The van der Waals surface area contributed by atoms with Crippen LogP contribution >= 0.6 is 0 Å². The van der Waals surface area contributed by atoms with E-state index in [1.807, 2.05) is 0 Å². The van der Waals surface area contributed by atoms with Crippen molar-refractivity contribution in [1.29, 1.82) is 0 Å². The fourth-order valence-electron chi connectivity index (χ4n) is 3.00. The summed E-state index contributed by atoms with van der Waals surface area (Å²) >= 11 is 0. The zero-order chi connectivity index (χ0) is 17.3. The molecule has 0 bridgehead atoms. The highest BCUT2D eigenvalue weighted by Gasteiger charge is 2.43. The fraction of sp³-hybridized carbons (Fsp3) is 0.105. The second-order valence-corrected chi connectivity index (χ2v) is 5.49. The molecule has 0 aliphatic carbocycles. The lowest BCUT2D eigenvalue weighted by molar-refractivity contribution is -0.140. The van der Waals surface area contributed by atoms with Gasteiger partial charge in [0.05, 0.1) is 0 Å². The second kappa shape index (κ2) is 6.00. The maximum Gasteiger partial charge on any atom is 0.399 e. The number of carbonyl (C=O) groups excluding carboxylic acids is 1. The summed E-state index contributed by atoms with van der Waals surface area (Å²) in [6, 6.07) is 17.3. The molecule has 0 aromatic heterocycles. The van der Waals surface area contributed by atoms with E-state index in [0.717, 1.165) is 0 Å². The van der Waals surface area contributed by atoms with Gasteiger partial charge in [-0.05, 0) is 28.0 Å². The Morgan fingerprint density at radius 1 is 0.833 bits per heavy atom. The first-order chi connectivity index (χ1) is 11.4. The molecule has 0 saturated carbocycles. The van der Waals surface area contributed by atoms with Gasteiger partial charge >= 0.3 is 6.18 Å². The van der Waals surface area contributed by atoms with Crippen LogP contribution in [0, 0.1) is 0 Å². The third kappa shape index (κ3) is 2.85. The zero-order valence-electron chi connectivity index (χ0n) is 12.5. The van der Waals surface area contributed by atoms with E-state index in [1.54, 1.807) is 36.4 Å². The van der Waals surface area contributed by atoms with Crippen molar-refractivity contribution in [1.82, 2.24) is 0 Å². The Morgan fingerprint density at radius 3 is 2.12 bits per heavy atom. The molecule has 0 heterocycles. The highest BCUT2D eigenvalue weighted by Crippen LogP contribution is 2.43. The largest absolute Gasteiger partial charge is 0.399 e. The molecule has 122 valence electrons. The highest BCUT2D eigenvalue weighted by molar-refractivity contribution is 5.95. The van der Waals surface area contributed by atoms with Crippen LogP contribution in [-0.4, -0.2) is 12.1 Å². The van der Waals surface area contributed by atoms with Gasteiger partial charge in [-0.2, -0.15) is 13.2 Å². The smallest absolute Gasteiger partial charge is 0.366 e. The van der Waals surface area contributed by atoms with Gasteiger partial charge in [-0.15, -0.1) is 0 Å². The molecule has 3 aromatic rings. The quantitative estimate of drug-likeness (QED) is 0.748. The number of nitrogens with two attached hydrogens (primary N) is 1. The van der Waals surface area contributed by atoms with Crippen molar-refractivity contribution >= 4 is 16.7 Å². The van der Waals surface area contributed by atoms with Crippen LogP contribution in [0.2, 0.25) is 0 Å². The van der Waals surface area contributed by atoms with E-state index >= 15 is 0 Å². The standard InChI is InChI=1S/C19H14F3NO/c20-19(21,22)17(15-9-3-4-10-16(15)18(23)24)14-11-5-7-12-6-1-2-8-13(12)14/h1-11,17H,(H2,23,24)/t17-/m0/s1. The molecule has 5 heteroatoms. The molecule has 0 unspecified atom stereocenters. The number of carbonyl (C=O) groups is 1. The summed E-state index contributed by atoms with van der Waals surface area (Å²) in [5.74, 6) is -2.80. The first-order valence-electron chi connectivity index (χ1n) is 7.32. The lowest BCUT2D eigenvalue weighted by Crippen LogP contribution is -2.25. The second-order valence-electron chi connectivity index (χ2n) is 5.49. The van der Waals surface area contributed by atoms with E-state index in [-0.39, 0.29) is 16.7 Å². The Hall–Kier alpha value is -2.82. The molecular weight excluding hydrogens is 315 g/mol. The summed E-state index contributed by atoms with van der Waals surface area (Å²) in [6.07, 6.45) is -4.56. The van der Waals surface area contributed by atoms with E-state index in [9.17, 15) is 18.0 Å². The van der Waals surface area contributed by atoms with Gasteiger partial charge in [0.2, 0.25) is 5.91 Å². The van der Waals surface area contributed by atoms with Gasteiger partial charge in [0.15, 0.2) is 0 Å². The summed E-state index contributed by atoms with van der Waals surface area (Å²) in [4.78, 5) is 11.6. The van der Waals surface area contributed by atoms with Crippen molar-refractivity contribution in [3.63, 3.8) is 0 Å². The summed E-state index contributed by atoms with van der Waals surface area (Å²) in [6.45, 7) is 0. The third-order valence-electron chi connectivity index (χ3n) is 4.00. The van der Waals surface area contributed by atoms with E-state index in [0.29, 0.717) is 10.8 Å². The Kier molecular flexibility index (Phi) is 4.01. The van der Waals surface area contributed by atoms with Crippen LogP contribution in [0.5, 0.6) is 0 Å². The Morgan fingerprint density at radius 2 is 1.42 bits per heavy atom. The molecule has 2 N–H and O–H groups in total. The summed E-state index contributed by atoms with van der Waals surface area (Å²) < 4.78 is 41.7. The molecule has 0 aliphatic rings. The van der Waals surface area contributed by atoms with Gasteiger partial charge in [-0.25, -0.2) is 0 Å². The van der Waals surface area contributed by atoms with Gasteiger partial charge in [0.25, 0.3) is 0 Å². The monoisotopic (exact) mass is 329 g/mol. The number of benzene rings is 3. The average molecular weight is 329 g/mol. The van der Waals surface area contributed by atoms with Crippen LogP contribution in [0.4, 0.5) is 13.2 Å². The third-order valence-corrected chi connectivity index (χ3v) is 4.00. The molecule has 3 aromatic carbocycles. The number of primary amides is 1. The van der Waals surface area contributed by atoms with Crippen molar-refractivity contribution in [3.8, 4) is 0 Å². The number of hydrogen-bond donors (Lipinski definition) is 1. The number of halogens is 3. The first-order valence-corrected chi connectivity index (χ1v) is 7.32. The van der Waals surface area contributed by atoms with E-state index in [4.69, 9.17) is 5.73 Å². The minimum atomic E-state index is -4.56. The molecule has 0 aliphatic heterocycles. The van der Waals surface area contributed by atoms with Crippen molar-refractivity contribution < 1.29 is 18.0 Å². The van der Waals surface area contributed by atoms with Crippen molar-refractivity contribution in [2.24, 2.45) is 5.73 Å². The minimum absolute atomic E-state index is 0.106. The van der Waals surface area contributed by atoms with E-state index < -0.39 is 18.0 Å². The molecule has 3 rings (SSSR count). The van der Waals surface area contributed by atoms with Crippen LogP contribution in [0.15, 0.2) is 66.7 Å². The molecule has 1 amide bonds. The molecule has 1 atom stereocenters. The molecular formula is C19H14F3NO. The summed E-state index contributed by atoms with van der Waals surface area (Å²) in [5, 5.41) is 1.21. The van der Waals surface area contributed by atoms with Crippen molar-refractivity contribution in [3.05, 3.63) is 83.4 Å². The average Bonchev–Trinajstić information content (AvgIpc) is 2.54. The summed E-state index contributed by atoms with van der Waals surface area (Å²) in [7, 11) is 0. The van der Waals surface area contributed by atoms with Crippen molar-refractivity contribution in [2.75, 3.05) is 0 Å². The van der Waals surface area contributed by atoms with Crippen LogP contribution < -0.4 is 5.73 Å². The molecule has 0 saturated heterocycles. The van der Waals surface area contributed by atoms with Gasteiger partial charge in [0, 0.05) is 5.56 Å². The van der Waals surface area contributed by atoms with Crippen molar-refractivity contribution in [2.45, 2.75) is 12.1 Å². The number of alkyl halides is 3. The number of rotatable bonds is 3. The molecule has 0 radical (unpaired) electrons. The molecule has 24 heavy (non-hydrogen) atoms. The van der Waals surface area contributed by atoms with Gasteiger partial charge in [0.1, 0.15) is 5.92 Å². The molecule has 2 nitrogen and oxygen atoms in total. The SMILES string of the molecule is NC(=O)c1ccccc1[C@H](c1cccc2ccccc12)C(F)(F)F. The fourth-order valence-corrected chi connectivity index (χ4v) is 3.00.